The molecule has 0 aromatic heterocycles. The average molecular weight is 382 g/mol. The molecule has 3 nitrogen and oxygen atoms in total. The second-order valence-corrected chi connectivity index (χ2v) is 8.44. The summed E-state index contributed by atoms with van der Waals surface area (Å²) in [6, 6.07) is 0. The Hall–Kier alpha value is -0.830. The number of carboxylic acid groups (broad SMARTS) is 1. The summed E-state index contributed by atoms with van der Waals surface area (Å²) in [5.41, 5.74) is 0.481. The van der Waals surface area contributed by atoms with Gasteiger partial charge in [-0.25, -0.2) is 4.79 Å². The molecule has 0 aromatic rings. The molecule has 0 saturated heterocycles. The van der Waals surface area contributed by atoms with E-state index >= 15 is 0 Å². The third kappa shape index (κ3) is 21.3. The van der Waals surface area contributed by atoms with Gasteiger partial charge in [0.1, 0.15) is 0 Å². The van der Waals surface area contributed by atoms with Crippen molar-refractivity contribution in [1.82, 2.24) is 4.90 Å². The van der Waals surface area contributed by atoms with Gasteiger partial charge in [0.25, 0.3) is 0 Å². The molecule has 0 heterocycles. The normalized spacial score (nSPS) is 12.1. The Morgan fingerprint density at radius 3 is 1.33 bits per heavy atom. The van der Waals surface area contributed by atoms with Gasteiger partial charge >= 0.3 is 5.97 Å². The molecule has 0 fully saturated rings. The predicted molar refractivity (Wildman–Crippen MR) is 118 cm³/mol. The topological polar surface area (TPSA) is 40.5 Å². The zero-order valence-corrected chi connectivity index (χ0v) is 18.6. The van der Waals surface area contributed by atoms with Crippen molar-refractivity contribution in [3.63, 3.8) is 0 Å². The van der Waals surface area contributed by atoms with E-state index in [1.807, 2.05) is 6.08 Å². The number of unbranched alkanes of at least 4 members (excludes halogenated alkanes) is 16. The van der Waals surface area contributed by atoms with Gasteiger partial charge in [-0.1, -0.05) is 96.0 Å². The van der Waals surface area contributed by atoms with Crippen molar-refractivity contribution in [2.75, 3.05) is 20.6 Å². The van der Waals surface area contributed by atoms with Crippen molar-refractivity contribution in [2.45, 2.75) is 116 Å². The van der Waals surface area contributed by atoms with Gasteiger partial charge in [-0.15, -0.1) is 0 Å². The summed E-state index contributed by atoms with van der Waals surface area (Å²) < 4.78 is 0. The van der Waals surface area contributed by atoms with Crippen molar-refractivity contribution in [2.24, 2.45) is 0 Å². The third-order valence-corrected chi connectivity index (χ3v) is 5.35. The maximum absolute atomic E-state index is 10.7. The van der Waals surface area contributed by atoms with Crippen LogP contribution in [0, 0.1) is 0 Å². The molecule has 0 aliphatic carbocycles. The first-order valence-electron chi connectivity index (χ1n) is 11.6. The van der Waals surface area contributed by atoms with Crippen LogP contribution in [0.1, 0.15) is 116 Å². The van der Waals surface area contributed by atoms with Gasteiger partial charge in [-0.05, 0) is 46.8 Å². The largest absolute Gasteiger partial charge is 0.478 e. The zero-order valence-electron chi connectivity index (χ0n) is 18.6. The summed E-state index contributed by atoms with van der Waals surface area (Å²) in [7, 11) is 4.32. The third-order valence-electron chi connectivity index (χ3n) is 5.35. The smallest absolute Gasteiger partial charge is 0.330 e. The van der Waals surface area contributed by atoms with Crippen molar-refractivity contribution in [1.29, 1.82) is 0 Å². The van der Waals surface area contributed by atoms with Gasteiger partial charge in [0.2, 0.25) is 0 Å². The fourth-order valence-electron chi connectivity index (χ4n) is 3.45. The molecule has 3 heteroatoms. The molecule has 0 aliphatic heterocycles. The van der Waals surface area contributed by atoms with Crippen LogP contribution >= 0.6 is 0 Å². The molecule has 27 heavy (non-hydrogen) atoms. The molecule has 0 unspecified atom stereocenters. The van der Waals surface area contributed by atoms with E-state index in [0.717, 1.165) is 12.8 Å². The van der Waals surface area contributed by atoms with E-state index in [9.17, 15) is 4.79 Å². The number of carboxylic acids is 1. The fourth-order valence-corrected chi connectivity index (χ4v) is 3.45. The number of allylic oxidation sites excluding steroid dienone is 1. The van der Waals surface area contributed by atoms with Crippen LogP contribution in [0.4, 0.5) is 0 Å². The van der Waals surface area contributed by atoms with Crippen LogP contribution in [-0.2, 0) is 4.79 Å². The van der Waals surface area contributed by atoms with E-state index in [-0.39, 0.29) is 0 Å². The van der Waals surface area contributed by atoms with Crippen LogP contribution in [0.5, 0.6) is 0 Å². The average Bonchev–Trinajstić information content (AvgIpc) is 2.63. The minimum Gasteiger partial charge on any atom is -0.478 e. The molecule has 0 amide bonds. The second-order valence-electron chi connectivity index (χ2n) is 8.44. The highest BCUT2D eigenvalue weighted by atomic mass is 16.4. The maximum atomic E-state index is 10.7. The Kier molecular flexibility index (Phi) is 19.3. The summed E-state index contributed by atoms with van der Waals surface area (Å²) in [5.74, 6) is -0.786. The Balaban J connectivity index is 3.11. The van der Waals surface area contributed by atoms with Gasteiger partial charge in [-0.3, -0.25) is 0 Å². The highest BCUT2D eigenvalue weighted by Gasteiger charge is 1.98. The highest BCUT2D eigenvalue weighted by molar-refractivity contribution is 5.85. The number of hydrogen-bond donors (Lipinski definition) is 1. The monoisotopic (exact) mass is 381 g/mol. The number of rotatable bonds is 20. The quantitative estimate of drug-likeness (QED) is 0.179. The predicted octanol–water partition coefficient (Wildman–Crippen LogP) is 7.21. The molecule has 160 valence electrons. The van der Waals surface area contributed by atoms with E-state index < -0.39 is 5.97 Å². The molecule has 1 N–H and O–H groups in total. The molecule has 0 saturated carbocycles. The van der Waals surface area contributed by atoms with Gasteiger partial charge < -0.3 is 10.0 Å². The first-order chi connectivity index (χ1) is 13.0. The van der Waals surface area contributed by atoms with Gasteiger partial charge in [0.15, 0.2) is 0 Å². The summed E-state index contributed by atoms with van der Waals surface area (Å²) in [4.78, 5) is 12.9. The van der Waals surface area contributed by atoms with Gasteiger partial charge in [0, 0.05) is 5.57 Å². The van der Waals surface area contributed by atoms with E-state index in [0.29, 0.717) is 5.57 Å². The summed E-state index contributed by atoms with van der Waals surface area (Å²) in [5, 5.41) is 8.77. The number of carbonyl (C=O) groups is 1. The maximum Gasteiger partial charge on any atom is 0.330 e. The zero-order chi connectivity index (χ0) is 20.2. The minimum absolute atomic E-state index is 0.481. The van der Waals surface area contributed by atoms with E-state index in [4.69, 9.17) is 5.11 Å². The molecule has 0 radical (unpaired) electrons. The van der Waals surface area contributed by atoms with Crippen molar-refractivity contribution in [3.05, 3.63) is 11.6 Å². The van der Waals surface area contributed by atoms with Crippen LogP contribution in [0.15, 0.2) is 11.6 Å². The molecule has 0 spiro atoms. The molecular weight excluding hydrogens is 334 g/mol. The molecule has 0 aromatic carbocycles. The molecule has 0 atom stereocenters. The summed E-state index contributed by atoms with van der Waals surface area (Å²) >= 11 is 0. The fraction of sp³-hybridized carbons (Fsp3) is 0.875. The summed E-state index contributed by atoms with van der Waals surface area (Å²) in [6.45, 7) is 2.92. The lowest BCUT2D eigenvalue weighted by atomic mass is 10.0. The van der Waals surface area contributed by atoms with Crippen LogP contribution in [0.25, 0.3) is 0 Å². The number of hydrogen-bond acceptors (Lipinski definition) is 2. The standard InChI is InChI=1S/C24H47NO2/c1-23(24(26)27)21-19-17-15-13-11-9-7-5-4-6-8-10-12-14-16-18-20-22-25(2)3/h21H,4-20,22H2,1-3H3,(H,26,27). The lowest BCUT2D eigenvalue weighted by Crippen LogP contribution is -2.12. The van der Waals surface area contributed by atoms with Crippen molar-refractivity contribution < 1.29 is 9.90 Å². The second kappa shape index (κ2) is 19.9. The van der Waals surface area contributed by atoms with Crippen LogP contribution in [0.2, 0.25) is 0 Å². The van der Waals surface area contributed by atoms with E-state index in [1.54, 1.807) is 6.92 Å². The van der Waals surface area contributed by atoms with Crippen LogP contribution < -0.4 is 0 Å². The Morgan fingerprint density at radius 1 is 0.667 bits per heavy atom. The highest BCUT2D eigenvalue weighted by Crippen LogP contribution is 2.14. The van der Waals surface area contributed by atoms with Crippen LogP contribution in [-0.4, -0.2) is 36.6 Å². The summed E-state index contributed by atoms with van der Waals surface area (Å²) in [6.07, 6.45) is 24.7. The number of aliphatic carboxylic acids is 1. The van der Waals surface area contributed by atoms with Crippen molar-refractivity contribution >= 4 is 5.97 Å². The Labute approximate surface area is 169 Å². The lowest BCUT2D eigenvalue weighted by molar-refractivity contribution is -0.132. The molecule has 0 aliphatic rings. The first-order valence-corrected chi connectivity index (χ1v) is 11.6. The Morgan fingerprint density at radius 2 is 1.00 bits per heavy atom. The van der Waals surface area contributed by atoms with Crippen molar-refractivity contribution in [3.8, 4) is 0 Å². The van der Waals surface area contributed by atoms with E-state index in [2.05, 4.69) is 19.0 Å². The Bertz CT molecular complexity index is 363. The molecular formula is C24H47NO2. The SMILES string of the molecule is CC(=CCCCCCCCCCCCCCCCCCCN(C)C)C(=O)O. The van der Waals surface area contributed by atoms with Crippen LogP contribution in [0.3, 0.4) is 0 Å². The lowest BCUT2D eigenvalue weighted by Gasteiger charge is -2.08. The molecule has 0 bridgehead atoms. The van der Waals surface area contributed by atoms with E-state index in [1.165, 1.54) is 103 Å². The van der Waals surface area contributed by atoms with Gasteiger partial charge in [0.05, 0.1) is 0 Å². The number of nitrogens with zero attached hydrogens (tertiary/aromatic N) is 1. The first kappa shape index (κ1) is 26.2. The molecule has 0 rings (SSSR count). The van der Waals surface area contributed by atoms with Gasteiger partial charge in [-0.2, -0.15) is 0 Å². The minimum atomic E-state index is -0.786.